The van der Waals surface area contributed by atoms with Gasteiger partial charge >= 0.3 is 6.09 Å². The Hall–Kier alpha value is -2.04. The molecule has 0 saturated heterocycles. The van der Waals surface area contributed by atoms with Crippen LogP contribution in [0.4, 0.5) is 10.5 Å². The molecule has 2 rings (SSSR count). The van der Waals surface area contributed by atoms with E-state index in [4.69, 9.17) is 4.74 Å². The Kier molecular flexibility index (Phi) is 5.06. The van der Waals surface area contributed by atoms with Gasteiger partial charge < -0.3 is 15.4 Å². The van der Waals surface area contributed by atoms with Gasteiger partial charge in [0.05, 0.1) is 0 Å². The van der Waals surface area contributed by atoms with Crippen molar-refractivity contribution in [2.75, 3.05) is 11.9 Å². The fraction of sp³-hybridized carbons (Fsp3) is 0.529. The summed E-state index contributed by atoms with van der Waals surface area (Å²) in [4.78, 5) is 23.5. The minimum Gasteiger partial charge on any atom is -0.444 e. The highest BCUT2D eigenvalue weighted by molar-refractivity contribution is 5.94. The number of rotatable bonds is 3. The number of nitrogens with one attached hydrogen (secondary N) is 2. The van der Waals surface area contributed by atoms with E-state index in [9.17, 15) is 9.59 Å². The SMILES string of the molecule is CC(C)(C)OC(=O)NCC(=O)Nc1cccc2c1CCCC2. The van der Waals surface area contributed by atoms with E-state index < -0.39 is 11.7 Å². The van der Waals surface area contributed by atoms with Crippen molar-refractivity contribution < 1.29 is 14.3 Å². The normalized spacial score (nSPS) is 14.0. The molecule has 0 aliphatic heterocycles. The molecule has 22 heavy (non-hydrogen) atoms. The first-order chi connectivity index (χ1) is 10.3. The molecule has 120 valence electrons. The Bertz CT molecular complexity index is 562. The Labute approximate surface area is 131 Å². The van der Waals surface area contributed by atoms with E-state index >= 15 is 0 Å². The van der Waals surface area contributed by atoms with Gasteiger partial charge in [-0.05, 0) is 63.6 Å². The van der Waals surface area contributed by atoms with E-state index in [1.165, 1.54) is 17.5 Å². The third kappa shape index (κ3) is 4.76. The van der Waals surface area contributed by atoms with Crippen LogP contribution in [-0.2, 0) is 22.4 Å². The molecule has 2 N–H and O–H groups in total. The van der Waals surface area contributed by atoms with Crippen molar-refractivity contribution >= 4 is 17.7 Å². The van der Waals surface area contributed by atoms with E-state index in [0.717, 1.165) is 24.9 Å². The summed E-state index contributed by atoms with van der Waals surface area (Å²) in [5.74, 6) is -0.246. The van der Waals surface area contributed by atoms with Crippen molar-refractivity contribution in [3.8, 4) is 0 Å². The van der Waals surface area contributed by atoms with Crippen LogP contribution in [0.5, 0.6) is 0 Å². The van der Waals surface area contributed by atoms with Gasteiger partial charge in [-0.1, -0.05) is 12.1 Å². The summed E-state index contributed by atoms with van der Waals surface area (Å²) >= 11 is 0. The number of fused-ring (bicyclic) bond motifs is 1. The van der Waals surface area contributed by atoms with E-state index in [2.05, 4.69) is 16.7 Å². The summed E-state index contributed by atoms with van der Waals surface area (Å²) in [6.45, 7) is 5.24. The average Bonchev–Trinajstić information content (AvgIpc) is 2.44. The zero-order chi connectivity index (χ0) is 16.2. The van der Waals surface area contributed by atoms with Crippen molar-refractivity contribution in [1.29, 1.82) is 0 Å². The lowest BCUT2D eigenvalue weighted by molar-refractivity contribution is -0.115. The lowest BCUT2D eigenvalue weighted by Crippen LogP contribution is -2.37. The molecule has 1 aromatic rings. The van der Waals surface area contributed by atoms with Crippen molar-refractivity contribution in [1.82, 2.24) is 5.32 Å². The molecule has 5 nitrogen and oxygen atoms in total. The predicted molar refractivity (Wildman–Crippen MR) is 86.0 cm³/mol. The van der Waals surface area contributed by atoms with E-state index in [1.54, 1.807) is 20.8 Å². The van der Waals surface area contributed by atoms with Crippen molar-refractivity contribution in [3.05, 3.63) is 29.3 Å². The predicted octanol–water partition coefficient (Wildman–Crippen LogP) is 3.03. The van der Waals surface area contributed by atoms with Gasteiger partial charge in [-0.3, -0.25) is 4.79 Å². The highest BCUT2D eigenvalue weighted by Crippen LogP contribution is 2.27. The Morgan fingerprint density at radius 3 is 2.64 bits per heavy atom. The zero-order valence-electron chi connectivity index (χ0n) is 13.5. The summed E-state index contributed by atoms with van der Waals surface area (Å²) in [7, 11) is 0. The van der Waals surface area contributed by atoms with Gasteiger partial charge in [-0.2, -0.15) is 0 Å². The summed E-state index contributed by atoms with van der Waals surface area (Å²) in [5.41, 5.74) is 2.82. The van der Waals surface area contributed by atoms with E-state index in [0.29, 0.717) is 0 Å². The van der Waals surface area contributed by atoms with E-state index in [-0.39, 0.29) is 12.5 Å². The maximum atomic E-state index is 12.0. The minimum absolute atomic E-state index is 0.0986. The highest BCUT2D eigenvalue weighted by atomic mass is 16.6. The molecule has 0 bridgehead atoms. The van der Waals surface area contributed by atoms with Crippen LogP contribution >= 0.6 is 0 Å². The lowest BCUT2D eigenvalue weighted by atomic mass is 9.90. The summed E-state index contributed by atoms with van der Waals surface area (Å²) in [5, 5.41) is 5.35. The van der Waals surface area contributed by atoms with Crippen LogP contribution in [0.15, 0.2) is 18.2 Å². The third-order valence-electron chi connectivity index (χ3n) is 3.46. The van der Waals surface area contributed by atoms with Crippen LogP contribution in [0.25, 0.3) is 0 Å². The number of alkyl carbamates (subject to hydrolysis) is 1. The van der Waals surface area contributed by atoms with Crippen LogP contribution in [-0.4, -0.2) is 24.1 Å². The molecule has 1 aliphatic rings. The molecule has 0 unspecified atom stereocenters. The molecule has 0 heterocycles. The molecule has 0 spiro atoms. The van der Waals surface area contributed by atoms with Crippen molar-refractivity contribution in [2.45, 2.75) is 52.1 Å². The number of carbonyl (C=O) groups excluding carboxylic acids is 2. The average molecular weight is 304 g/mol. The molecule has 0 atom stereocenters. The molecular weight excluding hydrogens is 280 g/mol. The third-order valence-corrected chi connectivity index (χ3v) is 3.46. The maximum absolute atomic E-state index is 12.0. The van der Waals surface area contributed by atoms with Crippen LogP contribution in [0.2, 0.25) is 0 Å². The largest absolute Gasteiger partial charge is 0.444 e. The monoisotopic (exact) mass is 304 g/mol. The van der Waals surface area contributed by atoms with Crippen LogP contribution < -0.4 is 10.6 Å². The quantitative estimate of drug-likeness (QED) is 0.902. The van der Waals surface area contributed by atoms with Crippen LogP contribution in [0.1, 0.15) is 44.7 Å². The van der Waals surface area contributed by atoms with Gasteiger partial charge in [-0.25, -0.2) is 4.79 Å². The summed E-state index contributed by atoms with van der Waals surface area (Å²) in [6.07, 6.45) is 3.82. The van der Waals surface area contributed by atoms with E-state index in [1.807, 2.05) is 12.1 Å². The first kappa shape index (κ1) is 16.3. The number of amides is 2. The standard InChI is InChI=1S/C17H24N2O3/c1-17(2,3)22-16(21)18-11-15(20)19-14-10-6-8-12-7-4-5-9-13(12)14/h6,8,10H,4-5,7,9,11H2,1-3H3,(H,18,21)(H,19,20). The maximum Gasteiger partial charge on any atom is 0.408 e. The first-order valence-electron chi connectivity index (χ1n) is 7.72. The molecule has 0 fully saturated rings. The number of hydrogen-bond acceptors (Lipinski definition) is 3. The van der Waals surface area contributed by atoms with Gasteiger partial charge in [0, 0.05) is 5.69 Å². The number of carbonyl (C=O) groups is 2. The first-order valence-corrected chi connectivity index (χ1v) is 7.72. The minimum atomic E-state index is -0.585. The van der Waals surface area contributed by atoms with Gasteiger partial charge in [0.1, 0.15) is 12.1 Å². The smallest absolute Gasteiger partial charge is 0.408 e. The fourth-order valence-electron chi connectivity index (χ4n) is 2.56. The van der Waals surface area contributed by atoms with Crippen LogP contribution in [0.3, 0.4) is 0 Å². The molecular formula is C17H24N2O3. The second-order valence-corrected chi connectivity index (χ2v) is 6.55. The second kappa shape index (κ2) is 6.81. The van der Waals surface area contributed by atoms with Crippen molar-refractivity contribution in [3.63, 3.8) is 0 Å². The number of benzene rings is 1. The zero-order valence-corrected chi connectivity index (χ0v) is 13.5. The molecule has 1 aromatic carbocycles. The Morgan fingerprint density at radius 2 is 1.91 bits per heavy atom. The summed E-state index contributed by atoms with van der Waals surface area (Å²) in [6, 6.07) is 5.99. The Morgan fingerprint density at radius 1 is 1.18 bits per heavy atom. The topological polar surface area (TPSA) is 67.4 Å². The number of anilines is 1. The molecule has 1 aliphatic carbocycles. The van der Waals surface area contributed by atoms with Gasteiger partial charge in [-0.15, -0.1) is 0 Å². The number of aryl methyl sites for hydroxylation is 1. The highest BCUT2D eigenvalue weighted by Gasteiger charge is 2.18. The van der Waals surface area contributed by atoms with Gasteiger partial charge in [0.15, 0.2) is 0 Å². The molecule has 5 heteroatoms. The number of ether oxygens (including phenoxy) is 1. The second-order valence-electron chi connectivity index (χ2n) is 6.55. The van der Waals surface area contributed by atoms with Gasteiger partial charge in [0.2, 0.25) is 5.91 Å². The van der Waals surface area contributed by atoms with Crippen LogP contribution in [0, 0.1) is 0 Å². The molecule has 0 saturated carbocycles. The molecule has 2 amide bonds. The molecule has 0 radical (unpaired) electrons. The van der Waals surface area contributed by atoms with Gasteiger partial charge in [0.25, 0.3) is 0 Å². The number of hydrogen-bond donors (Lipinski definition) is 2. The fourth-order valence-corrected chi connectivity index (χ4v) is 2.56. The summed E-state index contributed by atoms with van der Waals surface area (Å²) < 4.78 is 5.10. The lowest BCUT2D eigenvalue weighted by Gasteiger charge is -2.21. The van der Waals surface area contributed by atoms with Crippen molar-refractivity contribution in [2.24, 2.45) is 0 Å². The molecule has 0 aromatic heterocycles. The Balaban J connectivity index is 1.89.